The molecule has 2 aromatic rings. The van der Waals surface area contributed by atoms with E-state index in [1.165, 1.54) is 12.8 Å². The molecule has 0 spiro atoms. The first-order valence-corrected chi connectivity index (χ1v) is 8.07. The van der Waals surface area contributed by atoms with Gasteiger partial charge in [-0.15, -0.1) is 0 Å². The molecular weight excluding hydrogens is 365 g/mol. The van der Waals surface area contributed by atoms with Gasteiger partial charge in [-0.05, 0) is 79.6 Å². The van der Waals surface area contributed by atoms with Gasteiger partial charge >= 0.3 is 0 Å². The highest BCUT2D eigenvalue weighted by Gasteiger charge is 2.15. The van der Waals surface area contributed by atoms with Crippen LogP contribution in [-0.2, 0) is 0 Å². The summed E-state index contributed by atoms with van der Waals surface area (Å²) in [4.78, 5) is 9.19. The Balaban J connectivity index is 1.77. The third kappa shape index (κ3) is 3.20. The number of fused-ring (bicyclic) bond motifs is 1. The second-order valence-corrected chi connectivity index (χ2v) is 6.50. The molecule has 0 atom stereocenters. The molecule has 1 saturated heterocycles. The van der Waals surface area contributed by atoms with Crippen molar-refractivity contribution in [3.8, 4) is 5.88 Å². The van der Waals surface area contributed by atoms with E-state index >= 15 is 0 Å². The van der Waals surface area contributed by atoms with Crippen LogP contribution in [0.3, 0.4) is 0 Å². The number of hydrogen-bond donors (Lipinski definition) is 1. The number of piperidine rings is 1. The van der Waals surface area contributed by atoms with Crippen molar-refractivity contribution < 1.29 is 4.74 Å². The van der Waals surface area contributed by atoms with Crippen molar-refractivity contribution in [3.05, 3.63) is 27.5 Å². The lowest BCUT2D eigenvalue weighted by atomic mass is 9.99. The molecule has 1 aromatic carbocycles. The van der Waals surface area contributed by atoms with Crippen LogP contribution in [0.1, 0.15) is 18.5 Å². The van der Waals surface area contributed by atoms with E-state index in [1.54, 1.807) is 0 Å². The Morgan fingerprint density at radius 2 is 2.05 bits per heavy atom. The maximum atomic E-state index is 5.92. The van der Waals surface area contributed by atoms with Gasteiger partial charge in [0.1, 0.15) is 5.69 Å². The summed E-state index contributed by atoms with van der Waals surface area (Å²) in [5, 5.41) is 3.37. The zero-order valence-electron chi connectivity index (χ0n) is 11.5. The minimum atomic E-state index is 0.629. The van der Waals surface area contributed by atoms with Crippen LogP contribution >= 0.6 is 22.6 Å². The van der Waals surface area contributed by atoms with E-state index in [9.17, 15) is 0 Å². The van der Waals surface area contributed by atoms with Gasteiger partial charge in [0, 0.05) is 3.57 Å². The van der Waals surface area contributed by atoms with Gasteiger partial charge in [-0.3, -0.25) is 0 Å². The molecule has 20 heavy (non-hydrogen) atoms. The number of nitrogens with one attached hydrogen (secondary N) is 1. The SMILES string of the molecule is Cc1nc2ccc(I)cc2nc1OCC1CCNCC1. The Bertz CT molecular complexity index is 611. The van der Waals surface area contributed by atoms with Crippen molar-refractivity contribution in [1.82, 2.24) is 15.3 Å². The van der Waals surface area contributed by atoms with E-state index in [0.717, 1.165) is 40.0 Å². The zero-order valence-corrected chi connectivity index (χ0v) is 13.7. The van der Waals surface area contributed by atoms with E-state index in [4.69, 9.17) is 4.74 Å². The largest absolute Gasteiger partial charge is 0.476 e. The van der Waals surface area contributed by atoms with Crippen LogP contribution in [0.5, 0.6) is 5.88 Å². The fraction of sp³-hybridized carbons (Fsp3) is 0.467. The van der Waals surface area contributed by atoms with Crippen molar-refractivity contribution >= 4 is 33.6 Å². The molecule has 106 valence electrons. The number of ether oxygens (including phenoxy) is 1. The van der Waals surface area contributed by atoms with E-state index in [0.29, 0.717) is 11.8 Å². The summed E-state index contributed by atoms with van der Waals surface area (Å²) in [7, 11) is 0. The maximum Gasteiger partial charge on any atom is 0.235 e. The molecule has 1 fully saturated rings. The van der Waals surface area contributed by atoms with Crippen LogP contribution in [0.2, 0.25) is 0 Å². The molecule has 1 aromatic heterocycles. The average Bonchev–Trinajstić information content (AvgIpc) is 2.46. The van der Waals surface area contributed by atoms with Crippen molar-refractivity contribution in [2.45, 2.75) is 19.8 Å². The molecule has 0 radical (unpaired) electrons. The first-order chi connectivity index (χ1) is 9.72. The fourth-order valence-corrected chi connectivity index (χ4v) is 2.96. The van der Waals surface area contributed by atoms with Gasteiger partial charge in [-0.1, -0.05) is 0 Å². The minimum Gasteiger partial charge on any atom is -0.476 e. The summed E-state index contributed by atoms with van der Waals surface area (Å²) in [5.41, 5.74) is 2.70. The Morgan fingerprint density at radius 1 is 1.25 bits per heavy atom. The molecule has 0 bridgehead atoms. The predicted octanol–water partition coefficient (Wildman–Crippen LogP) is 2.92. The molecule has 1 aliphatic rings. The van der Waals surface area contributed by atoms with Gasteiger partial charge in [0.15, 0.2) is 0 Å². The summed E-state index contributed by atoms with van der Waals surface area (Å²) in [6, 6.07) is 6.10. The van der Waals surface area contributed by atoms with E-state index in [1.807, 2.05) is 25.1 Å². The van der Waals surface area contributed by atoms with E-state index in [2.05, 4.69) is 37.9 Å². The molecule has 0 unspecified atom stereocenters. The molecule has 3 rings (SSSR count). The molecule has 0 saturated carbocycles. The molecule has 5 heteroatoms. The van der Waals surface area contributed by atoms with Gasteiger partial charge in [0.05, 0.1) is 17.6 Å². The lowest BCUT2D eigenvalue weighted by molar-refractivity contribution is 0.207. The van der Waals surface area contributed by atoms with Crippen molar-refractivity contribution in [2.75, 3.05) is 19.7 Å². The third-order valence-corrected chi connectivity index (χ3v) is 4.34. The number of aromatic nitrogens is 2. The Hall–Kier alpha value is -0.950. The zero-order chi connectivity index (χ0) is 13.9. The molecule has 0 amide bonds. The van der Waals surface area contributed by atoms with Crippen LogP contribution in [0.15, 0.2) is 18.2 Å². The molecule has 4 nitrogen and oxygen atoms in total. The smallest absolute Gasteiger partial charge is 0.235 e. The summed E-state index contributed by atoms with van der Waals surface area (Å²) < 4.78 is 7.08. The van der Waals surface area contributed by atoms with Crippen LogP contribution < -0.4 is 10.1 Å². The van der Waals surface area contributed by atoms with E-state index < -0.39 is 0 Å². The lowest BCUT2D eigenvalue weighted by Gasteiger charge is -2.22. The summed E-state index contributed by atoms with van der Waals surface area (Å²) in [5.74, 6) is 1.31. The van der Waals surface area contributed by atoms with Crippen LogP contribution in [0.4, 0.5) is 0 Å². The second-order valence-electron chi connectivity index (χ2n) is 5.25. The highest BCUT2D eigenvalue weighted by atomic mass is 127. The molecular formula is C15H18IN3O. The fourth-order valence-electron chi connectivity index (χ4n) is 2.48. The number of aryl methyl sites for hydroxylation is 1. The Morgan fingerprint density at radius 3 is 2.85 bits per heavy atom. The van der Waals surface area contributed by atoms with Crippen LogP contribution in [0, 0.1) is 16.4 Å². The monoisotopic (exact) mass is 383 g/mol. The number of rotatable bonds is 3. The number of nitrogens with zero attached hydrogens (tertiary/aromatic N) is 2. The topological polar surface area (TPSA) is 47.0 Å². The molecule has 1 N–H and O–H groups in total. The summed E-state index contributed by atoms with van der Waals surface area (Å²) in [6.45, 7) is 4.89. The van der Waals surface area contributed by atoms with Crippen LogP contribution in [0.25, 0.3) is 11.0 Å². The summed E-state index contributed by atoms with van der Waals surface area (Å²) >= 11 is 2.29. The highest BCUT2D eigenvalue weighted by Crippen LogP contribution is 2.21. The second kappa shape index (κ2) is 6.22. The summed E-state index contributed by atoms with van der Waals surface area (Å²) in [6.07, 6.45) is 2.36. The van der Waals surface area contributed by atoms with Crippen molar-refractivity contribution in [3.63, 3.8) is 0 Å². The van der Waals surface area contributed by atoms with Gasteiger partial charge in [0.25, 0.3) is 0 Å². The van der Waals surface area contributed by atoms with Gasteiger partial charge in [-0.2, -0.15) is 0 Å². The highest BCUT2D eigenvalue weighted by molar-refractivity contribution is 14.1. The molecule has 1 aliphatic heterocycles. The standard InChI is InChI=1S/C15H18IN3O/c1-10-15(20-9-11-4-6-17-7-5-11)19-14-8-12(16)2-3-13(14)18-10/h2-3,8,11,17H,4-7,9H2,1H3. The maximum absolute atomic E-state index is 5.92. The Kier molecular flexibility index (Phi) is 4.35. The average molecular weight is 383 g/mol. The van der Waals surface area contributed by atoms with E-state index in [-0.39, 0.29) is 0 Å². The number of hydrogen-bond acceptors (Lipinski definition) is 4. The van der Waals surface area contributed by atoms with Crippen molar-refractivity contribution in [1.29, 1.82) is 0 Å². The first kappa shape index (κ1) is 14.0. The van der Waals surface area contributed by atoms with Gasteiger partial charge < -0.3 is 10.1 Å². The first-order valence-electron chi connectivity index (χ1n) is 7.00. The quantitative estimate of drug-likeness (QED) is 0.829. The van der Waals surface area contributed by atoms with Crippen LogP contribution in [-0.4, -0.2) is 29.7 Å². The Labute approximate surface area is 132 Å². The van der Waals surface area contributed by atoms with Gasteiger partial charge in [0.2, 0.25) is 5.88 Å². The third-order valence-electron chi connectivity index (χ3n) is 3.67. The lowest BCUT2D eigenvalue weighted by Crippen LogP contribution is -2.30. The molecule has 0 aliphatic carbocycles. The normalized spacial score (nSPS) is 16.5. The molecule has 2 heterocycles. The van der Waals surface area contributed by atoms with Crippen molar-refractivity contribution in [2.24, 2.45) is 5.92 Å². The number of benzene rings is 1. The minimum absolute atomic E-state index is 0.629. The number of halogens is 1. The predicted molar refractivity (Wildman–Crippen MR) is 88.1 cm³/mol. The van der Waals surface area contributed by atoms with Gasteiger partial charge in [-0.25, -0.2) is 9.97 Å².